The van der Waals surface area contributed by atoms with Gasteiger partial charge < -0.3 is 15.0 Å². The molecule has 0 aromatic heterocycles. The number of benzene rings is 2. The number of hydrogen-bond donors (Lipinski definition) is 1. The van der Waals surface area contributed by atoms with Gasteiger partial charge in [-0.15, -0.1) is 0 Å². The highest BCUT2D eigenvalue weighted by Gasteiger charge is 2.39. The van der Waals surface area contributed by atoms with Crippen LogP contribution >= 0.6 is 12.2 Å². The van der Waals surface area contributed by atoms with E-state index in [9.17, 15) is 14.4 Å². The molecule has 0 unspecified atom stereocenters. The molecule has 3 rings (SSSR count). The van der Waals surface area contributed by atoms with E-state index < -0.39 is 17.6 Å². The second kappa shape index (κ2) is 9.83. The summed E-state index contributed by atoms with van der Waals surface area (Å²) in [6, 6.07) is 17.0. The van der Waals surface area contributed by atoms with Crippen LogP contribution in [0.25, 0.3) is 0 Å². The zero-order chi connectivity index (χ0) is 22.4. The van der Waals surface area contributed by atoms with Crippen molar-refractivity contribution in [2.45, 2.75) is 38.3 Å². The molecule has 7 heteroatoms. The maximum Gasteiger partial charge on any atom is 0.329 e. The molecule has 1 aliphatic heterocycles. The number of ether oxygens (including phenoxy) is 1. The van der Waals surface area contributed by atoms with Crippen molar-refractivity contribution in [1.82, 2.24) is 10.2 Å². The minimum Gasteiger partial charge on any atom is -0.456 e. The number of likely N-dealkylation sites (tertiary alicyclic amines) is 1. The molecule has 0 aliphatic carbocycles. The number of nitrogens with zero attached hydrogens (tertiary/aromatic N) is 1. The van der Waals surface area contributed by atoms with Crippen LogP contribution in [-0.2, 0) is 9.53 Å². The van der Waals surface area contributed by atoms with Crippen LogP contribution in [0.1, 0.15) is 47.4 Å². The quantitative estimate of drug-likeness (QED) is 0.406. The number of ketones is 1. The lowest BCUT2D eigenvalue weighted by Crippen LogP contribution is -2.57. The fourth-order valence-corrected chi connectivity index (χ4v) is 3.82. The minimum absolute atomic E-state index is 0.236. The number of thiocarbonyl (C=S) groups is 1. The Morgan fingerprint density at radius 2 is 1.61 bits per heavy atom. The van der Waals surface area contributed by atoms with Gasteiger partial charge in [-0.25, -0.2) is 4.79 Å². The monoisotopic (exact) mass is 438 g/mol. The Balaban J connectivity index is 1.61. The van der Waals surface area contributed by atoms with Crippen molar-refractivity contribution < 1.29 is 19.1 Å². The number of nitrogens with one attached hydrogen (secondary N) is 1. The van der Waals surface area contributed by atoms with Gasteiger partial charge in [0.15, 0.2) is 12.4 Å². The molecule has 162 valence electrons. The van der Waals surface area contributed by atoms with E-state index in [1.807, 2.05) is 26.0 Å². The van der Waals surface area contributed by atoms with Crippen LogP contribution in [0.2, 0.25) is 0 Å². The molecule has 31 heavy (non-hydrogen) atoms. The first kappa shape index (κ1) is 22.6. The SMILES string of the molecule is CC(C)(NC(=O)c1ccccc1)C(=S)N1CCC[C@H]1C(=O)OCC(=O)c1ccccc1. The highest BCUT2D eigenvalue weighted by molar-refractivity contribution is 7.80. The molecular weight excluding hydrogens is 412 g/mol. The molecule has 2 aromatic rings. The first-order valence-electron chi connectivity index (χ1n) is 10.2. The third-order valence-corrected chi connectivity index (χ3v) is 5.97. The Bertz CT molecular complexity index is 960. The Morgan fingerprint density at radius 3 is 2.23 bits per heavy atom. The zero-order valence-electron chi connectivity index (χ0n) is 17.7. The summed E-state index contributed by atoms with van der Waals surface area (Å²) in [5.41, 5.74) is 0.194. The van der Waals surface area contributed by atoms with Gasteiger partial charge in [-0.05, 0) is 38.8 Å². The smallest absolute Gasteiger partial charge is 0.329 e. The van der Waals surface area contributed by atoms with E-state index in [1.165, 1.54) is 0 Å². The number of amides is 1. The van der Waals surface area contributed by atoms with Gasteiger partial charge in [-0.3, -0.25) is 9.59 Å². The van der Waals surface area contributed by atoms with Crippen molar-refractivity contribution in [1.29, 1.82) is 0 Å². The van der Waals surface area contributed by atoms with E-state index in [-0.39, 0.29) is 18.3 Å². The van der Waals surface area contributed by atoms with Crippen LogP contribution in [-0.4, -0.2) is 52.3 Å². The highest BCUT2D eigenvalue weighted by atomic mass is 32.1. The van der Waals surface area contributed by atoms with Gasteiger partial charge >= 0.3 is 5.97 Å². The lowest BCUT2D eigenvalue weighted by molar-refractivity contribution is -0.146. The van der Waals surface area contributed by atoms with Gasteiger partial charge in [0.05, 0.1) is 5.54 Å². The molecule has 1 atom stereocenters. The molecule has 6 nitrogen and oxygen atoms in total. The molecule has 1 heterocycles. The molecule has 2 aromatic carbocycles. The molecule has 1 N–H and O–H groups in total. The summed E-state index contributed by atoms with van der Waals surface area (Å²) in [7, 11) is 0. The molecule has 0 spiro atoms. The molecule has 1 amide bonds. The molecule has 0 saturated carbocycles. The van der Waals surface area contributed by atoms with Crippen molar-refractivity contribution in [3.05, 3.63) is 71.8 Å². The number of carbonyl (C=O) groups excluding carboxylic acids is 3. The Labute approximate surface area is 187 Å². The van der Waals surface area contributed by atoms with E-state index in [0.29, 0.717) is 29.1 Å². The molecule has 1 fully saturated rings. The van der Waals surface area contributed by atoms with Gasteiger partial charge in [0.25, 0.3) is 5.91 Å². The number of Topliss-reactive ketones (excluding diaryl/α,β-unsaturated/α-hetero) is 1. The molecular formula is C24H26N2O4S. The topological polar surface area (TPSA) is 75.7 Å². The maximum absolute atomic E-state index is 12.7. The van der Waals surface area contributed by atoms with Crippen molar-refractivity contribution in [2.75, 3.05) is 13.2 Å². The second-order valence-electron chi connectivity index (χ2n) is 8.00. The summed E-state index contributed by atoms with van der Waals surface area (Å²) < 4.78 is 5.31. The summed E-state index contributed by atoms with van der Waals surface area (Å²) in [4.78, 5) is 39.8. The van der Waals surface area contributed by atoms with Crippen molar-refractivity contribution >= 4 is 34.9 Å². The first-order chi connectivity index (χ1) is 14.8. The van der Waals surface area contributed by atoms with Crippen LogP contribution < -0.4 is 5.32 Å². The van der Waals surface area contributed by atoms with Crippen LogP contribution in [0.15, 0.2) is 60.7 Å². The average molecular weight is 439 g/mol. The lowest BCUT2D eigenvalue weighted by Gasteiger charge is -2.35. The number of hydrogen-bond acceptors (Lipinski definition) is 5. The second-order valence-corrected chi connectivity index (χ2v) is 8.39. The van der Waals surface area contributed by atoms with Crippen LogP contribution in [0.5, 0.6) is 0 Å². The van der Waals surface area contributed by atoms with E-state index in [0.717, 1.165) is 6.42 Å². The largest absolute Gasteiger partial charge is 0.456 e. The first-order valence-corrected chi connectivity index (χ1v) is 10.6. The summed E-state index contributed by atoms with van der Waals surface area (Å²) >= 11 is 5.66. The summed E-state index contributed by atoms with van der Waals surface area (Å²) in [5, 5.41) is 2.95. The number of rotatable bonds is 7. The number of esters is 1. The molecule has 0 radical (unpaired) electrons. The normalized spacial score (nSPS) is 15.9. The zero-order valence-corrected chi connectivity index (χ0v) is 18.5. The Morgan fingerprint density at radius 1 is 1.03 bits per heavy atom. The van der Waals surface area contributed by atoms with Crippen LogP contribution in [0, 0.1) is 0 Å². The minimum atomic E-state index is -0.842. The van der Waals surface area contributed by atoms with E-state index in [1.54, 1.807) is 53.4 Å². The van der Waals surface area contributed by atoms with Gasteiger partial charge in [-0.1, -0.05) is 60.7 Å². The maximum atomic E-state index is 12.7. The predicted molar refractivity (Wildman–Crippen MR) is 122 cm³/mol. The van der Waals surface area contributed by atoms with Gasteiger partial charge in [0, 0.05) is 17.7 Å². The summed E-state index contributed by atoms with van der Waals surface area (Å²) in [6.45, 7) is 3.91. The van der Waals surface area contributed by atoms with E-state index in [2.05, 4.69) is 5.32 Å². The summed E-state index contributed by atoms with van der Waals surface area (Å²) in [6.07, 6.45) is 1.36. The third kappa shape index (κ3) is 5.55. The fraction of sp³-hybridized carbons (Fsp3) is 0.333. The predicted octanol–water partition coefficient (Wildman–Crippen LogP) is 3.41. The third-order valence-electron chi connectivity index (χ3n) is 5.22. The summed E-state index contributed by atoms with van der Waals surface area (Å²) in [5.74, 6) is -0.967. The van der Waals surface area contributed by atoms with Crippen molar-refractivity contribution in [2.24, 2.45) is 0 Å². The van der Waals surface area contributed by atoms with Gasteiger partial charge in [0.2, 0.25) is 0 Å². The Hall–Kier alpha value is -3.06. The molecule has 1 saturated heterocycles. The number of carbonyl (C=O) groups is 3. The van der Waals surface area contributed by atoms with Crippen LogP contribution in [0.3, 0.4) is 0 Å². The van der Waals surface area contributed by atoms with Crippen LogP contribution in [0.4, 0.5) is 0 Å². The van der Waals surface area contributed by atoms with Crippen molar-refractivity contribution in [3.8, 4) is 0 Å². The van der Waals surface area contributed by atoms with E-state index in [4.69, 9.17) is 17.0 Å². The molecule has 1 aliphatic rings. The van der Waals surface area contributed by atoms with Gasteiger partial charge in [-0.2, -0.15) is 0 Å². The fourth-order valence-electron chi connectivity index (χ4n) is 3.55. The van der Waals surface area contributed by atoms with Crippen molar-refractivity contribution in [3.63, 3.8) is 0 Å². The molecule has 0 bridgehead atoms. The van der Waals surface area contributed by atoms with Gasteiger partial charge in [0.1, 0.15) is 11.0 Å². The average Bonchev–Trinajstić information content (AvgIpc) is 3.27. The standard InChI is InChI=1S/C24H26N2O4S/c1-24(2,25-21(28)18-12-7-4-8-13-18)23(31)26-15-9-14-19(26)22(29)30-16-20(27)17-10-5-3-6-11-17/h3-8,10-13,19H,9,14-16H2,1-2H3,(H,25,28)/t19-/m0/s1. The Kier molecular flexibility index (Phi) is 7.17. The lowest BCUT2D eigenvalue weighted by atomic mass is 10.0. The highest BCUT2D eigenvalue weighted by Crippen LogP contribution is 2.24. The van der Waals surface area contributed by atoms with E-state index >= 15 is 0 Å².